The minimum atomic E-state index is -2.61. The smallest absolute Gasteiger partial charge is 0.338 e. The van der Waals surface area contributed by atoms with Crippen LogP contribution < -0.4 is 9.80 Å². The van der Waals surface area contributed by atoms with E-state index in [9.17, 15) is 18.4 Å². The fourth-order valence-corrected chi connectivity index (χ4v) is 8.00. The molecule has 282 valence electrons. The fraction of sp³-hybridized carbons (Fsp3) is 0.526. The van der Waals surface area contributed by atoms with E-state index >= 15 is 0 Å². The molecule has 0 atom stereocenters. The number of alkyl halides is 2. The highest BCUT2D eigenvalue weighted by atomic mass is 19.3. The van der Waals surface area contributed by atoms with Crippen LogP contribution in [0.2, 0.25) is 0 Å². The molecule has 0 bridgehead atoms. The van der Waals surface area contributed by atoms with Crippen LogP contribution in [0, 0.1) is 0 Å². The number of carboxylic acid groups (broad SMARTS) is 1. The summed E-state index contributed by atoms with van der Waals surface area (Å²) in [5.41, 5.74) is 5.48. The van der Waals surface area contributed by atoms with Crippen LogP contribution in [0.5, 0.6) is 0 Å². The average Bonchev–Trinajstić information content (AvgIpc) is 3.78. The summed E-state index contributed by atoms with van der Waals surface area (Å²) in [5.74, 6) is 0.522. The van der Waals surface area contributed by atoms with Crippen molar-refractivity contribution >= 4 is 29.3 Å². The van der Waals surface area contributed by atoms with E-state index in [1.54, 1.807) is 37.1 Å². The zero-order valence-corrected chi connectivity index (χ0v) is 30.7. The lowest BCUT2D eigenvalue weighted by atomic mass is 9.92. The number of carboxylic acids is 1. The highest BCUT2D eigenvalue weighted by Crippen LogP contribution is 2.43. The number of halogens is 2. The molecule has 4 aromatic rings. The number of aromatic carboxylic acids is 1. The molecule has 3 aromatic heterocycles. The third-order valence-electron chi connectivity index (χ3n) is 10.9. The quantitative estimate of drug-likeness (QED) is 0.266. The highest BCUT2D eigenvalue weighted by molar-refractivity contribution is 5.86. The van der Waals surface area contributed by atoms with Gasteiger partial charge in [-0.25, -0.2) is 23.5 Å². The molecule has 7 heterocycles. The number of carbonyl (C=O) groups excluding carboxylic acids is 1. The number of benzene rings is 1. The van der Waals surface area contributed by atoms with E-state index in [4.69, 9.17) is 10.2 Å². The Bertz CT molecular complexity index is 1930. The van der Waals surface area contributed by atoms with Crippen molar-refractivity contribution < 1.29 is 23.5 Å². The van der Waals surface area contributed by atoms with Crippen LogP contribution in [0.25, 0.3) is 11.1 Å². The molecule has 1 N–H and O–H groups in total. The second-order valence-electron chi connectivity index (χ2n) is 14.6. The number of hydrogen-bond acceptors (Lipinski definition) is 9. The Balaban J connectivity index is 0.000000242. The lowest BCUT2D eigenvalue weighted by molar-refractivity contribution is -0.129. The standard InChI is InChI=1S/C28H35F2N7O.C10H13N3O2/c1-18(38)35-12-8-25-24(17-35)28(32-37(25)21-6-10-33(2)11-7-21)36-9-4-5-19-13-22(20-15-31-34(3)16-20)23(27(29)30)14-26(19)36;14-9(15)8-6-11-10(12-7-8)13-4-2-1-3-5-13/h13-16,21,27H,4-12,17H2,1-3H3;6-7H,1-5H2,(H,14,15). The zero-order valence-electron chi connectivity index (χ0n) is 30.7. The number of aryl methyl sites for hydroxylation is 2. The van der Waals surface area contributed by atoms with E-state index in [0.717, 1.165) is 93.8 Å². The number of amides is 1. The number of carbonyl (C=O) groups is 2. The minimum Gasteiger partial charge on any atom is -0.478 e. The molecule has 8 rings (SSSR count). The van der Waals surface area contributed by atoms with Gasteiger partial charge in [-0.3, -0.25) is 14.2 Å². The van der Waals surface area contributed by atoms with Gasteiger partial charge >= 0.3 is 5.97 Å². The Hall–Kier alpha value is -4.92. The topological polar surface area (TPSA) is 129 Å². The number of anilines is 3. The van der Waals surface area contributed by atoms with Crippen molar-refractivity contribution in [3.63, 3.8) is 0 Å². The second kappa shape index (κ2) is 15.6. The largest absolute Gasteiger partial charge is 0.478 e. The summed E-state index contributed by atoms with van der Waals surface area (Å²) >= 11 is 0. The summed E-state index contributed by atoms with van der Waals surface area (Å²) in [5, 5.41) is 18.1. The molecule has 0 unspecified atom stereocenters. The normalized spacial score (nSPS) is 18.0. The van der Waals surface area contributed by atoms with Crippen molar-refractivity contribution in [1.82, 2.24) is 39.3 Å². The average molecular weight is 731 g/mol. The van der Waals surface area contributed by atoms with Gasteiger partial charge < -0.3 is 24.7 Å². The van der Waals surface area contributed by atoms with Gasteiger partial charge in [0, 0.05) is 93.2 Å². The Kier molecular flexibility index (Phi) is 10.7. The number of aromatic nitrogens is 6. The Morgan fingerprint density at radius 2 is 1.64 bits per heavy atom. The maximum atomic E-state index is 14.4. The molecule has 2 fully saturated rings. The summed E-state index contributed by atoms with van der Waals surface area (Å²) in [6.07, 6.45) is 11.6. The maximum absolute atomic E-state index is 14.4. The second-order valence-corrected chi connectivity index (χ2v) is 14.6. The molecule has 1 aromatic carbocycles. The third-order valence-corrected chi connectivity index (χ3v) is 10.9. The highest BCUT2D eigenvalue weighted by Gasteiger charge is 2.34. The zero-order chi connectivity index (χ0) is 37.2. The van der Waals surface area contributed by atoms with Crippen molar-refractivity contribution in [3.05, 3.63) is 64.9 Å². The summed E-state index contributed by atoms with van der Waals surface area (Å²) in [6, 6.07) is 3.89. The van der Waals surface area contributed by atoms with Gasteiger partial charge in [-0.2, -0.15) is 10.2 Å². The number of nitrogens with zero attached hydrogens (tertiary/aromatic N) is 10. The van der Waals surface area contributed by atoms with Crippen molar-refractivity contribution in [1.29, 1.82) is 0 Å². The molecular formula is C38H48F2N10O3. The first-order valence-electron chi connectivity index (χ1n) is 18.6. The molecule has 13 nitrogen and oxygen atoms in total. The lowest BCUT2D eigenvalue weighted by Gasteiger charge is -2.33. The summed E-state index contributed by atoms with van der Waals surface area (Å²) < 4.78 is 32.6. The predicted molar refractivity (Wildman–Crippen MR) is 197 cm³/mol. The van der Waals surface area contributed by atoms with E-state index < -0.39 is 12.4 Å². The molecule has 4 aliphatic rings. The molecule has 2 saturated heterocycles. The lowest BCUT2D eigenvalue weighted by Crippen LogP contribution is -2.36. The van der Waals surface area contributed by atoms with Crippen molar-refractivity contribution in [3.8, 4) is 11.1 Å². The SMILES string of the molecule is CC(=O)N1CCc2c(c(N3CCCc4cc(-c5cnn(C)c5)c(C(F)F)cc43)nn2C2CCN(C)CC2)C1.O=C(O)c1cnc(N2CCCCC2)nc1. The first-order chi connectivity index (χ1) is 25.6. The van der Waals surface area contributed by atoms with Gasteiger partial charge in [0.25, 0.3) is 6.43 Å². The Labute approximate surface area is 308 Å². The van der Waals surface area contributed by atoms with Gasteiger partial charge in [-0.1, -0.05) is 0 Å². The Morgan fingerprint density at radius 3 is 2.28 bits per heavy atom. The monoisotopic (exact) mass is 730 g/mol. The molecule has 4 aliphatic heterocycles. The molecule has 53 heavy (non-hydrogen) atoms. The maximum Gasteiger partial charge on any atom is 0.338 e. The first-order valence-corrected chi connectivity index (χ1v) is 18.6. The van der Waals surface area contributed by atoms with E-state index in [-0.39, 0.29) is 17.0 Å². The van der Waals surface area contributed by atoms with E-state index in [1.807, 2.05) is 11.0 Å². The summed E-state index contributed by atoms with van der Waals surface area (Å²) in [7, 11) is 3.94. The van der Waals surface area contributed by atoms with Gasteiger partial charge in [0.15, 0.2) is 5.82 Å². The molecule has 15 heteroatoms. The Morgan fingerprint density at radius 1 is 0.906 bits per heavy atom. The minimum absolute atomic E-state index is 0.0117. The van der Waals surface area contributed by atoms with Gasteiger partial charge in [0.2, 0.25) is 11.9 Å². The predicted octanol–water partition coefficient (Wildman–Crippen LogP) is 5.64. The van der Waals surface area contributed by atoms with Crippen LogP contribution in [0.3, 0.4) is 0 Å². The molecule has 1 amide bonds. The van der Waals surface area contributed by atoms with Gasteiger partial charge in [0.05, 0.1) is 24.3 Å². The van der Waals surface area contributed by atoms with Crippen LogP contribution >= 0.6 is 0 Å². The van der Waals surface area contributed by atoms with Crippen molar-refractivity contribution in [2.24, 2.45) is 7.05 Å². The van der Waals surface area contributed by atoms with Crippen LogP contribution in [-0.2, 0) is 31.2 Å². The summed E-state index contributed by atoms with van der Waals surface area (Å²) in [6.45, 7) is 7.48. The first kappa shape index (κ1) is 36.4. The number of rotatable bonds is 6. The van der Waals surface area contributed by atoms with Gasteiger partial charge in [-0.05, 0) is 88.3 Å². The van der Waals surface area contributed by atoms with Gasteiger partial charge in [0.1, 0.15) is 0 Å². The van der Waals surface area contributed by atoms with Crippen molar-refractivity contribution in [2.75, 3.05) is 56.1 Å². The van der Waals surface area contributed by atoms with Crippen LogP contribution in [-0.4, -0.2) is 103 Å². The number of likely N-dealkylation sites (tertiary alicyclic amines) is 1. The number of fused-ring (bicyclic) bond motifs is 2. The molecular weight excluding hydrogens is 682 g/mol. The van der Waals surface area contributed by atoms with Crippen LogP contribution in [0.15, 0.2) is 36.9 Å². The van der Waals surface area contributed by atoms with E-state index in [1.165, 1.54) is 24.5 Å². The molecule has 0 aliphatic carbocycles. The molecule has 0 radical (unpaired) electrons. The van der Waals surface area contributed by atoms with Gasteiger partial charge in [-0.15, -0.1) is 0 Å². The van der Waals surface area contributed by atoms with E-state index in [0.29, 0.717) is 42.8 Å². The van der Waals surface area contributed by atoms with Crippen molar-refractivity contribution in [2.45, 2.75) is 77.3 Å². The fourth-order valence-electron chi connectivity index (χ4n) is 8.00. The molecule has 0 spiro atoms. The van der Waals surface area contributed by atoms with Crippen LogP contribution in [0.1, 0.15) is 90.7 Å². The number of piperidine rings is 2. The number of hydrogen-bond donors (Lipinski definition) is 1. The third kappa shape index (κ3) is 7.75. The molecule has 0 saturated carbocycles. The summed E-state index contributed by atoms with van der Waals surface area (Å²) in [4.78, 5) is 39.5. The van der Waals surface area contributed by atoms with Crippen LogP contribution in [0.4, 0.5) is 26.2 Å². The van der Waals surface area contributed by atoms with E-state index in [2.05, 4.69) is 41.5 Å².